The van der Waals surface area contributed by atoms with Gasteiger partial charge in [-0.1, -0.05) is 11.6 Å². The van der Waals surface area contributed by atoms with E-state index in [1.54, 1.807) is 0 Å². The molecule has 1 saturated heterocycles. The van der Waals surface area contributed by atoms with Gasteiger partial charge in [-0.05, 0) is 27.7 Å². The number of ether oxygens (including phenoxy) is 1. The van der Waals surface area contributed by atoms with Gasteiger partial charge in [0.1, 0.15) is 5.60 Å². The van der Waals surface area contributed by atoms with E-state index in [2.05, 4.69) is 6.08 Å². The van der Waals surface area contributed by atoms with Crippen LogP contribution in [-0.2, 0) is 9.53 Å². The zero-order chi connectivity index (χ0) is 9.35. The number of allylic oxidation sites excluding steroid dienone is 1. The van der Waals surface area contributed by atoms with E-state index in [1.165, 1.54) is 5.57 Å². The molecule has 0 aromatic rings. The molecule has 0 bridgehead atoms. The van der Waals surface area contributed by atoms with Gasteiger partial charge in [-0.15, -0.1) is 0 Å². The maximum Gasteiger partial charge on any atom is 0.307 e. The third kappa shape index (κ3) is 1.87. The van der Waals surface area contributed by atoms with Gasteiger partial charge in [0.2, 0.25) is 0 Å². The van der Waals surface area contributed by atoms with Crippen molar-refractivity contribution < 1.29 is 9.53 Å². The molecule has 0 aromatic heterocycles. The molecule has 1 rings (SSSR count). The Morgan fingerprint density at radius 2 is 2.17 bits per heavy atom. The fourth-order valence-electron chi connectivity index (χ4n) is 1.50. The lowest BCUT2D eigenvalue weighted by atomic mass is 9.89. The third-order valence-electron chi connectivity index (χ3n) is 2.19. The third-order valence-corrected chi connectivity index (χ3v) is 2.19. The van der Waals surface area contributed by atoms with Crippen LogP contribution < -0.4 is 0 Å². The minimum absolute atomic E-state index is 0.0810. The highest BCUT2D eigenvalue weighted by atomic mass is 16.6. The van der Waals surface area contributed by atoms with E-state index in [1.807, 2.05) is 27.7 Å². The monoisotopic (exact) mass is 168 g/mol. The number of hydrogen-bond acceptors (Lipinski definition) is 2. The zero-order valence-corrected chi connectivity index (χ0v) is 8.18. The summed E-state index contributed by atoms with van der Waals surface area (Å²) < 4.78 is 5.18. The molecule has 12 heavy (non-hydrogen) atoms. The largest absolute Gasteiger partial charge is 0.459 e. The highest BCUT2D eigenvalue weighted by Gasteiger charge is 2.39. The van der Waals surface area contributed by atoms with Crippen molar-refractivity contribution >= 4 is 5.97 Å². The minimum Gasteiger partial charge on any atom is -0.459 e. The first kappa shape index (κ1) is 9.30. The predicted octanol–water partition coefficient (Wildman–Crippen LogP) is 2.29. The van der Waals surface area contributed by atoms with Gasteiger partial charge in [0.25, 0.3) is 0 Å². The van der Waals surface area contributed by atoms with Crippen LogP contribution in [0.1, 0.15) is 34.1 Å². The number of hydrogen-bond donors (Lipinski definition) is 0. The summed E-state index contributed by atoms with van der Waals surface area (Å²) in [5, 5.41) is 0. The van der Waals surface area contributed by atoms with Crippen molar-refractivity contribution in [3.05, 3.63) is 11.6 Å². The molecular formula is C10H16O2. The summed E-state index contributed by atoms with van der Waals surface area (Å²) in [5.41, 5.74) is 0.931. The molecule has 2 nitrogen and oxygen atoms in total. The van der Waals surface area contributed by atoms with Crippen molar-refractivity contribution in [2.24, 2.45) is 5.92 Å². The highest BCUT2D eigenvalue weighted by molar-refractivity contribution is 5.73. The second kappa shape index (κ2) is 2.92. The normalized spacial score (nSPS) is 26.7. The molecule has 0 saturated carbocycles. The molecule has 68 valence electrons. The van der Waals surface area contributed by atoms with Crippen LogP contribution in [0.15, 0.2) is 11.6 Å². The first-order valence-electron chi connectivity index (χ1n) is 4.28. The lowest BCUT2D eigenvalue weighted by Gasteiger charge is -2.22. The molecule has 1 fully saturated rings. The van der Waals surface area contributed by atoms with Gasteiger partial charge in [-0.3, -0.25) is 4.79 Å². The van der Waals surface area contributed by atoms with Gasteiger partial charge in [-0.25, -0.2) is 0 Å². The summed E-state index contributed by atoms with van der Waals surface area (Å²) in [6.07, 6.45) is 2.64. The smallest absolute Gasteiger partial charge is 0.307 e. The van der Waals surface area contributed by atoms with Crippen molar-refractivity contribution in [3.8, 4) is 0 Å². The van der Waals surface area contributed by atoms with E-state index in [9.17, 15) is 4.79 Å². The predicted molar refractivity (Wildman–Crippen MR) is 47.7 cm³/mol. The summed E-state index contributed by atoms with van der Waals surface area (Å²) in [7, 11) is 0. The number of carbonyl (C=O) groups is 1. The van der Waals surface area contributed by atoms with Gasteiger partial charge < -0.3 is 4.74 Å². The molecule has 1 atom stereocenters. The van der Waals surface area contributed by atoms with Crippen LogP contribution in [0.3, 0.4) is 0 Å². The van der Waals surface area contributed by atoms with Crippen molar-refractivity contribution in [2.75, 3.05) is 0 Å². The number of carbonyl (C=O) groups excluding carboxylic acids is 1. The Bertz CT molecular complexity index is 222. The van der Waals surface area contributed by atoms with E-state index in [-0.39, 0.29) is 17.5 Å². The maximum atomic E-state index is 11.0. The van der Waals surface area contributed by atoms with E-state index in [0.717, 1.165) is 0 Å². The summed E-state index contributed by atoms with van der Waals surface area (Å²) in [4.78, 5) is 11.0. The Morgan fingerprint density at radius 1 is 1.58 bits per heavy atom. The summed E-state index contributed by atoms with van der Waals surface area (Å²) in [6.45, 7) is 8.00. The van der Waals surface area contributed by atoms with E-state index >= 15 is 0 Å². The van der Waals surface area contributed by atoms with E-state index in [0.29, 0.717) is 6.42 Å². The summed E-state index contributed by atoms with van der Waals surface area (Å²) in [5.74, 6) is 0.164. The summed E-state index contributed by atoms with van der Waals surface area (Å²) in [6, 6.07) is 0. The molecule has 0 aromatic carbocycles. The molecular weight excluding hydrogens is 152 g/mol. The first-order valence-corrected chi connectivity index (χ1v) is 4.28. The number of rotatable bonds is 1. The van der Waals surface area contributed by atoms with Gasteiger partial charge in [0, 0.05) is 5.92 Å². The van der Waals surface area contributed by atoms with Crippen molar-refractivity contribution in [1.82, 2.24) is 0 Å². The van der Waals surface area contributed by atoms with Gasteiger partial charge >= 0.3 is 5.97 Å². The lowest BCUT2D eigenvalue weighted by molar-refractivity contribution is -0.146. The standard InChI is InChI=1S/C10H16O2/c1-7(2)5-8-6-9(11)12-10(8,3)4/h5,8H,6H2,1-4H3/t8-/m1/s1. The van der Waals surface area contributed by atoms with Crippen LogP contribution in [0.25, 0.3) is 0 Å². The van der Waals surface area contributed by atoms with Crippen LogP contribution in [0.4, 0.5) is 0 Å². The highest BCUT2D eigenvalue weighted by Crippen LogP contribution is 2.33. The second-order valence-electron chi connectivity index (χ2n) is 4.13. The Labute approximate surface area is 73.6 Å². The summed E-state index contributed by atoms with van der Waals surface area (Å²) >= 11 is 0. The number of esters is 1. The molecule has 0 amide bonds. The van der Waals surface area contributed by atoms with Gasteiger partial charge in [0.05, 0.1) is 6.42 Å². The SMILES string of the molecule is CC(C)=C[C@@H]1CC(=O)OC1(C)C. The maximum absolute atomic E-state index is 11.0. The molecule has 0 N–H and O–H groups in total. The topological polar surface area (TPSA) is 26.3 Å². The van der Waals surface area contributed by atoms with Crippen LogP contribution in [0.2, 0.25) is 0 Å². The number of cyclic esters (lactones) is 1. The average molecular weight is 168 g/mol. The van der Waals surface area contributed by atoms with Crippen molar-refractivity contribution in [3.63, 3.8) is 0 Å². The average Bonchev–Trinajstić information content (AvgIpc) is 2.04. The van der Waals surface area contributed by atoms with Crippen molar-refractivity contribution in [1.29, 1.82) is 0 Å². The fourth-order valence-corrected chi connectivity index (χ4v) is 1.50. The van der Waals surface area contributed by atoms with E-state index in [4.69, 9.17) is 4.74 Å². The van der Waals surface area contributed by atoms with E-state index < -0.39 is 0 Å². The zero-order valence-electron chi connectivity index (χ0n) is 8.18. The Hall–Kier alpha value is -0.790. The Kier molecular flexibility index (Phi) is 2.27. The molecule has 2 heteroatoms. The van der Waals surface area contributed by atoms with Crippen molar-refractivity contribution in [2.45, 2.75) is 39.7 Å². The van der Waals surface area contributed by atoms with Crippen LogP contribution >= 0.6 is 0 Å². The molecule has 0 unspecified atom stereocenters. The lowest BCUT2D eigenvalue weighted by Crippen LogP contribution is -2.26. The molecule has 0 aliphatic carbocycles. The molecule has 1 aliphatic rings. The van der Waals surface area contributed by atoms with Gasteiger partial charge in [0.15, 0.2) is 0 Å². The molecule has 1 heterocycles. The molecule has 0 spiro atoms. The van der Waals surface area contributed by atoms with Crippen LogP contribution in [0, 0.1) is 5.92 Å². The van der Waals surface area contributed by atoms with Crippen LogP contribution in [-0.4, -0.2) is 11.6 Å². The fraction of sp³-hybridized carbons (Fsp3) is 0.700. The Morgan fingerprint density at radius 3 is 2.50 bits per heavy atom. The minimum atomic E-state index is -0.311. The molecule has 0 radical (unpaired) electrons. The second-order valence-corrected chi connectivity index (χ2v) is 4.13. The molecule has 1 aliphatic heterocycles. The van der Waals surface area contributed by atoms with Gasteiger partial charge in [-0.2, -0.15) is 0 Å². The van der Waals surface area contributed by atoms with Crippen LogP contribution in [0.5, 0.6) is 0 Å². The Balaban J connectivity index is 2.78. The quantitative estimate of drug-likeness (QED) is 0.443. The first-order chi connectivity index (χ1) is 5.42.